The van der Waals surface area contributed by atoms with Gasteiger partial charge in [-0.05, 0) is 44.7 Å². The first-order valence-corrected chi connectivity index (χ1v) is 10.7. The normalized spacial score (nSPS) is 12.2. The number of nitrogens with one attached hydrogen (secondary N) is 1. The molecule has 0 fully saturated rings. The predicted octanol–water partition coefficient (Wildman–Crippen LogP) is 4.89. The first-order valence-electron chi connectivity index (χ1n) is 9.23. The maximum atomic E-state index is 12.5. The van der Waals surface area contributed by atoms with Gasteiger partial charge in [0.2, 0.25) is 0 Å². The highest BCUT2D eigenvalue weighted by Gasteiger charge is 2.19. The van der Waals surface area contributed by atoms with Gasteiger partial charge in [0.05, 0.1) is 4.90 Å². The van der Waals surface area contributed by atoms with Crippen molar-refractivity contribution in [2.24, 2.45) is 0 Å². The van der Waals surface area contributed by atoms with Crippen LogP contribution in [0.4, 0.5) is 0 Å². The van der Waals surface area contributed by atoms with Crippen molar-refractivity contribution in [3.8, 4) is 0 Å². The first-order chi connectivity index (χ1) is 11.9. The van der Waals surface area contributed by atoms with Crippen LogP contribution >= 0.6 is 0 Å². The molecule has 5 heteroatoms. The van der Waals surface area contributed by atoms with Crippen LogP contribution in [0.25, 0.3) is 0 Å². The molecule has 0 heterocycles. The van der Waals surface area contributed by atoms with Crippen molar-refractivity contribution in [1.82, 2.24) is 4.72 Å². The molecule has 1 aromatic rings. The number of amides is 1. The number of rotatable bonds is 11. The standard InChI is InChI=1S/C20H31NO3S/c1-4-6-8-10-12-18(11-9-7-5-2)20(22)21-25(23,24)19-15-13-17(3)14-16-19/h12-16H,4-11H2,1-3H3,(H,21,22)/b18-12+. The Morgan fingerprint density at radius 3 is 2.20 bits per heavy atom. The number of carbonyl (C=O) groups excluding carboxylic acids is 1. The third kappa shape index (κ3) is 7.86. The van der Waals surface area contributed by atoms with Gasteiger partial charge in [0.15, 0.2) is 0 Å². The molecule has 1 amide bonds. The van der Waals surface area contributed by atoms with Gasteiger partial charge in [0.25, 0.3) is 15.9 Å². The molecule has 1 N–H and O–H groups in total. The summed E-state index contributed by atoms with van der Waals surface area (Å²) < 4.78 is 27.0. The first kappa shape index (κ1) is 21.4. The minimum atomic E-state index is -3.83. The van der Waals surface area contributed by atoms with Crippen LogP contribution < -0.4 is 4.72 Å². The van der Waals surface area contributed by atoms with Crippen molar-refractivity contribution >= 4 is 15.9 Å². The second kappa shape index (κ2) is 11.1. The Kier molecular flexibility index (Phi) is 9.50. The summed E-state index contributed by atoms with van der Waals surface area (Å²) in [6, 6.07) is 6.49. The summed E-state index contributed by atoms with van der Waals surface area (Å²) in [5.41, 5.74) is 1.56. The number of hydrogen-bond donors (Lipinski definition) is 1. The van der Waals surface area contributed by atoms with Crippen molar-refractivity contribution in [3.05, 3.63) is 41.5 Å². The van der Waals surface area contributed by atoms with E-state index in [1.54, 1.807) is 12.1 Å². The van der Waals surface area contributed by atoms with Gasteiger partial charge < -0.3 is 0 Å². The molecule has 0 aromatic heterocycles. The summed E-state index contributed by atoms with van der Waals surface area (Å²) >= 11 is 0. The molecule has 1 rings (SSSR count). The van der Waals surface area contributed by atoms with Gasteiger partial charge in [0, 0.05) is 5.57 Å². The summed E-state index contributed by atoms with van der Waals surface area (Å²) in [4.78, 5) is 12.6. The van der Waals surface area contributed by atoms with Crippen LogP contribution in [0.1, 0.15) is 70.8 Å². The van der Waals surface area contributed by atoms with Crippen LogP contribution in [0.5, 0.6) is 0 Å². The third-order valence-corrected chi connectivity index (χ3v) is 5.44. The number of allylic oxidation sites excluding steroid dienone is 1. The number of hydrogen-bond acceptors (Lipinski definition) is 3. The lowest BCUT2D eigenvalue weighted by Crippen LogP contribution is -2.31. The number of aryl methyl sites for hydroxylation is 1. The van der Waals surface area contributed by atoms with Gasteiger partial charge in [0.1, 0.15) is 0 Å². The summed E-state index contributed by atoms with van der Waals surface area (Å²) in [5.74, 6) is -0.492. The molecule has 140 valence electrons. The Morgan fingerprint density at radius 1 is 1.00 bits per heavy atom. The Bertz CT molecular complexity index is 661. The van der Waals surface area contributed by atoms with Crippen LogP contribution in [0.2, 0.25) is 0 Å². The molecule has 0 atom stereocenters. The maximum absolute atomic E-state index is 12.5. The lowest BCUT2D eigenvalue weighted by atomic mass is 10.0. The fourth-order valence-electron chi connectivity index (χ4n) is 2.51. The summed E-state index contributed by atoms with van der Waals surface area (Å²) in [7, 11) is -3.83. The van der Waals surface area contributed by atoms with Crippen molar-refractivity contribution in [2.45, 2.75) is 77.0 Å². The largest absolute Gasteiger partial charge is 0.269 e. The summed E-state index contributed by atoms with van der Waals surface area (Å²) in [5, 5.41) is 0. The molecule has 0 spiro atoms. The van der Waals surface area contributed by atoms with E-state index >= 15 is 0 Å². The number of benzene rings is 1. The van der Waals surface area contributed by atoms with Gasteiger partial charge in [-0.25, -0.2) is 13.1 Å². The molecule has 25 heavy (non-hydrogen) atoms. The second-order valence-electron chi connectivity index (χ2n) is 6.43. The molecule has 0 bridgehead atoms. The van der Waals surface area contributed by atoms with Crippen LogP contribution in [0, 0.1) is 6.92 Å². The number of sulfonamides is 1. The van der Waals surface area contributed by atoms with Gasteiger partial charge in [-0.3, -0.25) is 4.79 Å². The average Bonchev–Trinajstić information content (AvgIpc) is 2.57. The Labute approximate surface area is 152 Å². The van der Waals surface area contributed by atoms with E-state index in [1.807, 2.05) is 13.0 Å². The minimum Gasteiger partial charge on any atom is -0.269 e. The van der Waals surface area contributed by atoms with E-state index in [4.69, 9.17) is 0 Å². The van der Waals surface area contributed by atoms with Crippen LogP contribution in [-0.2, 0) is 14.8 Å². The third-order valence-electron chi connectivity index (χ3n) is 4.10. The Morgan fingerprint density at radius 2 is 1.60 bits per heavy atom. The molecule has 0 saturated carbocycles. The Balaban J connectivity index is 2.82. The summed E-state index contributed by atoms with van der Waals surface area (Å²) in [6.45, 7) is 6.12. The molecule has 0 aliphatic carbocycles. The monoisotopic (exact) mass is 365 g/mol. The maximum Gasteiger partial charge on any atom is 0.264 e. The Hall–Kier alpha value is -1.62. The highest BCUT2D eigenvalue weighted by Crippen LogP contribution is 2.15. The topological polar surface area (TPSA) is 63.2 Å². The molecular formula is C20H31NO3S. The van der Waals surface area contributed by atoms with Gasteiger partial charge in [-0.2, -0.15) is 0 Å². The highest BCUT2D eigenvalue weighted by atomic mass is 32.2. The highest BCUT2D eigenvalue weighted by molar-refractivity contribution is 7.90. The molecule has 1 aromatic carbocycles. The average molecular weight is 366 g/mol. The van der Waals surface area contributed by atoms with E-state index in [0.717, 1.165) is 50.5 Å². The van der Waals surface area contributed by atoms with Crippen molar-refractivity contribution in [1.29, 1.82) is 0 Å². The molecular weight excluding hydrogens is 334 g/mol. The molecule has 0 saturated heterocycles. The SMILES string of the molecule is CCCCC/C=C(\CCCCC)C(=O)NS(=O)(=O)c1ccc(C)cc1. The zero-order valence-corrected chi connectivity index (χ0v) is 16.5. The molecule has 0 aliphatic rings. The van der Waals surface area contributed by atoms with E-state index in [9.17, 15) is 13.2 Å². The second-order valence-corrected chi connectivity index (χ2v) is 8.11. The molecule has 4 nitrogen and oxygen atoms in total. The fraction of sp³-hybridized carbons (Fsp3) is 0.550. The van der Waals surface area contributed by atoms with Crippen molar-refractivity contribution < 1.29 is 13.2 Å². The molecule has 0 radical (unpaired) electrons. The van der Waals surface area contributed by atoms with Gasteiger partial charge >= 0.3 is 0 Å². The lowest BCUT2D eigenvalue weighted by molar-refractivity contribution is -0.116. The van der Waals surface area contributed by atoms with Crippen LogP contribution in [0.15, 0.2) is 40.8 Å². The predicted molar refractivity (Wildman–Crippen MR) is 103 cm³/mol. The van der Waals surface area contributed by atoms with E-state index in [0.29, 0.717) is 12.0 Å². The minimum absolute atomic E-state index is 0.116. The van der Waals surface area contributed by atoms with Crippen molar-refractivity contribution in [3.63, 3.8) is 0 Å². The molecule has 0 aliphatic heterocycles. The molecule has 0 unspecified atom stereocenters. The fourth-order valence-corrected chi connectivity index (χ4v) is 3.50. The van der Waals surface area contributed by atoms with E-state index in [-0.39, 0.29) is 4.90 Å². The quantitative estimate of drug-likeness (QED) is 0.449. The zero-order chi connectivity index (χ0) is 18.7. The van der Waals surface area contributed by atoms with Gasteiger partial charge in [-0.1, -0.05) is 63.3 Å². The summed E-state index contributed by atoms with van der Waals surface area (Å²) in [6.07, 6.45) is 9.58. The van der Waals surface area contributed by atoms with E-state index < -0.39 is 15.9 Å². The number of carbonyl (C=O) groups is 1. The van der Waals surface area contributed by atoms with E-state index in [2.05, 4.69) is 18.6 Å². The van der Waals surface area contributed by atoms with Crippen molar-refractivity contribution in [2.75, 3.05) is 0 Å². The lowest BCUT2D eigenvalue weighted by Gasteiger charge is -2.10. The van der Waals surface area contributed by atoms with Gasteiger partial charge in [-0.15, -0.1) is 0 Å². The number of unbranched alkanes of at least 4 members (excludes halogenated alkanes) is 5. The van der Waals surface area contributed by atoms with Crippen LogP contribution in [0.3, 0.4) is 0 Å². The zero-order valence-electron chi connectivity index (χ0n) is 15.7. The van der Waals surface area contributed by atoms with Crippen LogP contribution in [-0.4, -0.2) is 14.3 Å². The van der Waals surface area contributed by atoms with E-state index in [1.165, 1.54) is 12.1 Å². The smallest absolute Gasteiger partial charge is 0.264 e.